The van der Waals surface area contributed by atoms with Crippen molar-refractivity contribution < 1.29 is 41.9 Å². The van der Waals surface area contributed by atoms with Crippen molar-refractivity contribution in [3.63, 3.8) is 0 Å². The molecule has 0 heterocycles. The molecule has 0 saturated carbocycles. The predicted molar refractivity (Wildman–Crippen MR) is 185 cm³/mol. The van der Waals surface area contributed by atoms with E-state index in [-0.39, 0.29) is 25.6 Å². The molecule has 268 valence electrons. The number of esters is 1. The smallest absolute Gasteiger partial charge is 0.332 e. The van der Waals surface area contributed by atoms with E-state index < -0.39 is 63.6 Å². The van der Waals surface area contributed by atoms with Crippen molar-refractivity contribution >= 4 is 39.6 Å². The fourth-order valence-electron chi connectivity index (χ4n) is 4.27. The number of nitrogens with zero attached hydrogens (tertiary/aromatic N) is 1. The van der Waals surface area contributed by atoms with Crippen molar-refractivity contribution in [3.05, 3.63) is 107 Å². The Morgan fingerprint density at radius 1 is 0.820 bits per heavy atom. The second-order valence-electron chi connectivity index (χ2n) is 12.2. The van der Waals surface area contributed by atoms with Gasteiger partial charge in [0.05, 0.1) is 24.4 Å². The normalized spacial score (nSPS) is 13.1. The number of carbonyl (C=O) groups excluding carboxylic acids is 4. The predicted octanol–water partition coefficient (Wildman–Crippen LogP) is 2.41. The second kappa shape index (κ2) is 18.6. The molecule has 2 amide bonds. The van der Waals surface area contributed by atoms with Gasteiger partial charge in [-0.15, -0.1) is 0 Å². The van der Waals surface area contributed by atoms with E-state index in [1.807, 2.05) is 6.07 Å². The Balaban J connectivity index is 1.77. The third-order valence-electron chi connectivity index (χ3n) is 6.76. The zero-order chi connectivity index (χ0) is 36.7. The van der Waals surface area contributed by atoms with E-state index in [0.717, 1.165) is 5.56 Å². The molecular weight excluding hydrogens is 666 g/mol. The third-order valence-corrected chi connectivity index (χ3v) is 8.11. The Bertz CT molecular complexity index is 1730. The van der Waals surface area contributed by atoms with Crippen LogP contribution in [-0.2, 0) is 62.4 Å². The lowest BCUT2D eigenvalue weighted by Crippen LogP contribution is -2.56. The van der Waals surface area contributed by atoms with Crippen molar-refractivity contribution in [3.8, 4) is 0 Å². The molecule has 3 aromatic rings. The summed E-state index contributed by atoms with van der Waals surface area (Å²) in [6.07, 6.45) is -0.546. The Morgan fingerprint density at radius 3 is 2.00 bits per heavy atom. The number of rotatable bonds is 17. The van der Waals surface area contributed by atoms with E-state index in [9.17, 15) is 27.6 Å². The van der Waals surface area contributed by atoms with Gasteiger partial charge in [-0.3, -0.25) is 14.4 Å². The lowest BCUT2D eigenvalue weighted by molar-refractivity contribution is -0.147. The maximum absolute atomic E-state index is 13.6. The SMILES string of the molecule is CC(=O)O/N=C(\N)c1ccc(CNC(=O)C(CC(=O)OCc2ccccc2)NC(=O)[C@@H](COC(C)(C)C)NS(=O)(=O)Cc2ccccc2)cc1. The molecule has 3 rings (SSSR count). The lowest BCUT2D eigenvalue weighted by Gasteiger charge is -2.26. The van der Waals surface area contributed by atoms with Gasteiger partial charge in [0.25, 0.3) is 0 Å². The van der Waals surface area contributed by atoms with Gasteiger partial charge in [0.1, 0.15) is 18.7 Å². The molecule has 2 atom stereocenters. The highest BCUT2D eigenvalue weighted by atomic mass is 32.2. The molecule has 0 saturated heterocycles. The molecule has 0 aliphatic heterocycles. The molecule has 0 fully saturated rings. The summed E-state index contributed by atoms with van der Waals surface area (Å²) in [5.74, 6) is -3.43. The molecule has 0 bridgehead atoms. The summed E-state index contributed by atoms with van der Waals surface area (Å²) < 4.78 is 39.7. The minimum atomic E-state index is -4.05. The summed E-state index contributed by atoms with van der Waals surface area (Å²) in [4.78, 5) is 55.5. The van der Waals surface area contributed by atoms with Crippen LogP contribution in [0.15, 0.2) is 90.1 Å². The van der Waals surface area contributed by atoms with Crippen LogP contribution in [0.3, 0.4) is 0 Å². The van der Waals surface area contributed by atoms with Crippen LogP contribution in [0, 0.1) is 0 Å². The Hall–Kier alpha value is -5.12. The number of ether oxygens (including phenoxy) is 2. The number of oxime groups is 1. The van der Waals surface area contributed by atoms with E-state index >= 15 is 0 Å². The molecular formula is C35H43N5O9S. The summed E-state index contributed by atoms with van der Waals surface area (Å²) in [5.41, 5.74) is 7.41. The van der Waals surface area contributed by atoms with Gasteiger partial charge in [-0.05, 0) is 37.5 Å². The molecule has 0 radical (unpaired) electrons. The van der Waals surface area contributed by atoms with Crippen LogP contribution < -0.4 is 21.1 Å². The summed E-state index contributed by atoms with van der Waals surface area (Å²) in [7, 11) is -4.05. The van der Waals surface area contributed by atoms with Crippen LogP contribution in [0.4, 0.5) is 0 Å². The Labute approximate surface area is 291 Å². The van der Waals surface area contributed by atoms with Gasteiger partial charge in [0, 0.05) is 19.0 Å². The van der Waals surface area contributed by atoms with Crippen LogP contribution >= 0.6 is 0 Å². The minimum absolute atomic E-state index is 0.00813. The van der Waals surface area contributed by atoms with Gasteiger partial charge in [-0.25, -0.2) is 17.9 Å². The van der Waals surface area contributed by atoms with Crippen molar-refractivity contribution in [1.29, 1.82) is 0 Å². The van der Waals surface area contributed by atoms with Crippen LogP contribution in [-0.4, -0.2) is 62.3 Å². The molecule has 1 unspecified atom stereocenters. The van der Waals surface area contributed by atoms with Crippen molar-refractivity contribution in [2.24, 2.45) is 10.9 Å². The molecule has 0 aromatic heterocycles. The standard InChI is InChI=1S/C35H43N5O9S/c1-24(41)49-39-32(36)28-17-15-25(16-18-28)20-37-33(43)29(19-31(42)47-21-26-11-7-5-8-12-26)38-34(44)30(22-48-35(2,3)4)40-50(45,46)23-27-13-9-6-10-14-27/h5-18,29-30,40H,19-23H2,1-4H3,(H2,36,39)(H,37,43)(H,38,44)/t29?,30-/m1/s1. The number of nitrogens with one attached hydrogen (secondary N) is 3. The summed E-state index contributed by atoms with van der Waals surface area (Å²) in [6.45, 7) is 6.00. The topological polar surface area (TPSA) is 205 Å². The third kappa shape index (κ3) is 14.6. The van der Waals surface area contributed by atoms with E-state index in [0.29, 0.717) is 16.7 Å². The van der Waals surface area contributed by atoms with E-state index in [1.54, 1.807) is 99.6 Å². The summed E-state index contributed by atoms with van der Waals surface area (Å²) in [6, 6.07) is 21.0. The van der Waals surface area contributed by atoms with Gasteiger partial charge >= 0.3 is 11.9 Å². The molecule has 50 heavy (non-hydrogen) atoms. The first-order valence-corrected chi connectivity index (χ1v) is 17.3. The van der Waals surface area contributed by atoms with Gasteiger partial charge in [-0.1, -0.05) is 90.1 Å². The summed E-state index contributed by atoms with van der Waals surface area (Å²) >= 11 is 0. The lowest BCUT2D eigenvalue weighted by atomic mass is 10.1. The highest BCUT2D eigenvalue weighted by Gasteiger charge is 2.32. The average molecular weight is 710 g/mol. The fraction of sp³-hybridized carbons (Fsp3) is 0.343. The zero-order valence-electron chi connectivity index (χ0n) is 28.4. The first-order valence-electron chi connectivity index (χ1n) is 15.7. The molecule has 0 aliphatic carbocycles. The number of hydrogen-bond acceptors (Lipinski definition) is 10. The fourth-order valence-corrected chi connectivity index (χ4v) is 5.59. The molecule has 0 aliphatic rings. The van der Waals surface area contributed by atoms with Crippen LogP contribution in [0.2, 0.25) is 0 Å². The van der Waals surface area contributed by atoms with Gasteiger partial charge in [0.15, 0.2) is 5.84 Å². The number of amides is 2. The highest BCUT2D eigenvalue weighted by Crippen LogP contribution is 2.11. The number of hydrogen-bond donors (Lipinski definition) is 4. The highest BCUT2D eigenvalue weighted by molar-refractivity contribution is 7.88. The summed E-state index contributed by atoms with van der Waals surface area (Å²) in [5, 5.41) is 8.74. The van der Waals surface area contributed by atoms with Crippen molar-refractivity contribution in [2.75, 3.05) is 6.61 Å². The maximum Gasteiger partial charge on any atom is 0.332 e. The maximum atomic E-state index is 13.6. The van der Waals surface area contributed by atoms with Crippen molar-refractivity contribution in [2.45, 2.75) is 70.7 Å². The number of amidine groups is 1. The van der Waals surface area contributed by atoms with Crippen LogP contribution in [0.25, 0.3) is 0 Å². The van der Waals surface area contributed by atoms with Crippen LogP contribution in [0.5, 0.6) is 0 Å². The quantitative estimate of drug-likeness (QED) is 0.0530. The molecule has 14 nitrogen and oxygen atoms in total. The van der Waals surface area contributed by atoms with Gasteiger partial charge < -0.3 is 30.7 Å². The first kappa shape index (κ1) is 39.3. The van der Waals surface area contributed by atoms with Gasteiger partial charge in [-0.2, -0.15) is 0 Å². The van der Waals surface area contributed by atoms with Gasteiger partial charge in [0.2, 0.25) is 21.8 Å². The molecule has 0 spiro atoms. The van der Waals surface area contributed by atoms with Crippen molar-refractivity contribution in [1.82, 2.24) is 15.4 Å². The Morgan fingerprint density at radius 2 is 1.42 bits per heavy atom. The Kier molecular flexibility index (Phi) is 14.6. The first-order chi connectivity index (χ1) is 23.6. The number of nitrogens with two attached hydrogens (primary N) is 1. The van der Waals surface area contributed by atoms with E-state index in [4.69, 9.17) is 15.2 Å². The van der Waals surface area contributed by atoms with Crippen LogP contribution in [0.1, 0.15) is 56.4 Å². The minimum Gasteiger partial charge on any atom is -0.461 e. The number of carbonyl (C=O) groups is 4. The molecule has 15 heteroatoms. The second-order valence-corrected chi connectivity index (χ2v) is 14.0. The average Bonchev–Trinajstić information content (AvgIpc) is 3.07. The van der Waals surface area contributed by atoms with E-state index in [2.05, 4.69) is 25.3 Å². The zero-order valence-corrected chi connectivity index (χ0v) is 29.2. The number of benzene rings is 3. The largest absolute Gasteiger partial charge is 0.461 e. The molecule has 3 aromatic carbocycles. The monoisotopic (exact) mass is 709 g/mol. The number of sulfonamides is 1. The van der Waals surface area contributed by atoms with E-state index in [1.165, 1.54) is 6.92 Å². The molecule has 5 N–H and O–H groups in total.